The highest BCUT2D eigenvalue weighted by Gasteiger charge is 2.58. The average Bonchev–Trinajstić information content (AvgIpc) is 2.76. The first-order chi connectivity index (χ1) is 9.95. The predicted molar refractivity (Wildman–Crippen MR) is 81.7 cm³/mol. The van der Waals surface area contributed by atoms with Crippen LogP contribution in [0.2, 0.25) is 0 Å². The van der Waals surface area contributed by atoms with Crippen LogP contribution in [0.5, 0.6) is 0 Å². The lowest BCUT2D eigenvalue weighted by atomic mass is 9.55. The molecule has 114 valence electrons. The van der Waals surface area contributed by atoms with Crippen LogP contribution in [0, 0.1) is 28.6 Å². The maximum Gasteiger partial charge on any atom is 0.155 e. The van der Waals surface area contributed by atoms with Crippen LogP contribution in [0.25, 0.3) is 0 Å². The van der Waals surface area contributed by atoms with E-state index in [0.717, 1.165) is 38.5 Å². The molecule has 0 N–H and O–H groups in total. The van der Waals surface area contributed by atoms with E-state index in [9.17, 15) is 9.59 Å². The van der Waals surface area contributed by atoms with Crippen LogP contribution in [0.15, 0.2) is 11.6 Å². The molecule has 0 bridgehead atoms. The van der Waals surface area contributed by atoms with Crippen molar-refractivity contribution in [3.8, 4) is 0 Å². The monoisotopic (exact) mass is 292 g/mol. The van der Waals surface area contributed by atoms with Gasteiger partial charge in [-0.2, -0.15) is 0 Å². The summed E-state index contributed by atoms with van der Waals surface area (Å²) in [6.45, 7) is 4.64. The molecule has 3 saturated carbocycles. The van der Waals surface area contributed by atoms with Crippen LogP contribution >= 0.6 is 0 Å². The second-order valence-electron chi connectivity index (χ2n) is 8.39. The van der Waals surface area contributed by atoms with Crippen molar-refractivity contribution in [3.63, 3.8) is 0 Å². The summed E-state index contributed by atoms with van der Waals surface area (Å²) in [5.41, 5.74) is 1.64. The van der Waals surface area contributed by atoms with Gasteiger partial charge < -0.3 is 0 Å². The Labute approximate surface area is 127 Å². The molecule has 3 fully saturated rings. The van der Waals surface area contributed by atoms with Crippen LogP contribution in [0.3, 0.4) is 0 Å². The number of carbonyl (C=O) groups is 2. The second kappa shape index (κ2) is 4.30. The number of carbonyl (C=O) groups excluding carboxylic acids is 2. The number of allylic oxidation sites excluding steroid dienone is 1. The van der Waals surface area contributed by atoms with Gasteiger partial charge in [-0.25, -0.2) is 0 Å². The zero-order chi connectivity index (χ0) is 14.8. The molecule has 0 amide bonds. The number of ketones is 2. The topological polar surface area (TPSA) is 34.1 Å². The molecule has 4 rings (SSSR count). The number of fused-ring (bicyclic) bond motifs is 5. The predicted octanol–water partition coefficient (Wildman–Crippen LogP) is 4.09. The van der Waals surface area contributed by atoms with Crippen LogP contribution in [-0.2, 0) is 9.59 Å². The summed E-state index contributed by atoms with van der Waals surface area (Å²) in [4.78, 5) is 24.1. The number of rotatable bonds is 0. The first-order valence-corrected chi connectivity index (χ1v) is 8.72. The molecule has 0 radical (unpaired) electrons. The summed E-state index contributed by atoms with van der Waals surface area (Å²) in [5, 5.41) is 0. The van der Waals surface area contributed by atoms with Gasteiger partial charge in [-0.3, -0.25) is 9.59 Å². The smallest absolute Gasteiger partial charge is 0.155 e. The van der Waals surface area contributed by atoms with E-state index in [4.69, 9.17) is 0 Å². The fourth-order valence-corrected chi connectivity index (χ4v) is 6.33. The first kappa shape index (κ1) is 13.7. The maximum atomic E-state index is 12.4. The molecule has 5 atom stereocenters. The molecule has 21 heavy (non-hydrogen) atoms. The molecule has 4 aliphatic carbocycles. The van der Waals surface area contributed by atoms with Crippen molar-refractivity contribution in [1.29, 1.82) is 0 Å². The number of Topliss-reactive ketones (excluding diaryl/α,β-unsaturated/α-hetero) is 1. The summed E-state index contributed by atoms with van der Waals surface area (Å²) >= 11 is 0. The minimum Gasteiger partial charge on any atom is -0.299 e. The van der Waals surface area contributed by atoms with Gasteiger partial charge in [0.05, 0.1) is 0 Å². The lowest BCUT2D eigenvalue weighted by molar-refractivity contribution is -0.132. The van der Waals surface area contributed by atoms with Gasteiger partial charge in [-0.1, -0.05) is 19.4 Å². The molecule has 0 aliphatic heterocycles. The normalized spacial score (nSPS) is 49.2. The second-order valence-corrected chi connectivity index (χ2v) is 8.39. The van der Waals surface area contributed by atoms with Crippen molar-refractivity contribution in [3.05, 3.63) is 11.6 Å². The summed E-state index contributed by atoms with van der Waals surface area (Å²) in [5.74, 6) is 2.88. The van der Waals surface area contributed by atoms with Crippen LogP contribution < -0.4 is 0 Å². The molecule has 0 aromatic rings. The van der Waals surface area contributed by atoms with Crippen molar-refractivity contribution >= 4 is 11.6 Å². The third-order valence-electron chi connectivity index (χ3n) is 7.67. The van der Waals surface area contributed by atoms with Gasteiger partial charge in [0.2, 0.25) is 0 Å². The van der Waals surface area contributed by atoms with Gasteiger partial charge >= 0.3 is 0 Å². The van der Waals surface area contributed by atoms with Crippen molar-refractivity contribution < 1.29 is 9.59 Å². The van der Waals surface area contributed by atoms with Crippen LogP contribution in [0.1, 0.15) is 65.2 Å². The Morgan fingerprint density at radius 1 is 0.905 bits per heavy atom. The Balaban J connectivity index is 1.70. The van der Waals surface area contributed by atoms with Gasteiger partial charge in [0.1, 0.15) is 5.78 Å². The fourth-order valence-electron chi connectivity index (χ4n) is 6.33. The molecule has 0 aromatic heterocycles. The summed E-state index contributed by atoms with van der Waals surface area (Å²) in [7, 11) is 0. The Hall–Kier alpha value is -0.920. The zero-order valence-electron chi connectivity index (χ0n) is 13.3. The number of hydrogen-bond donors (Lipinski definition) is 0. The molecule has 0 unspecified atom stereocenters. The highest BCUT2D eigenvalue weighted by molar-refractivity contribution is 5.91. The van der Waals surface area contributed by atoms with Gasteiger partial charge in [0.25, 0.3) is 0 Å². The van der Waals surface area contributed by atoms with Crippen LogP contribution in [-0.4, -0.2) is 11.6 Å². The number of hydrogen-bond acceptors (Lipinski definition) is 2. The Bertz CT molecular complexity index is 546. The zero-order valence-corrected chi connectivity index (χ0v) is 13.3. The molecule has 2 nitrogen and oxygen atoms in total. The van der Waals surface area contributed by atoms with Gasteiger partial charge in [-0.05, 0) is 67.8 Å². The molecule has 0 aromatic carbocycles. The Morgan fingerprint density at radius 3 is 2.48 bits per heavy atom. The lowest BCUT2D eigenvalue weighted by Gasteiger charge is -2.56. The quantitative estimate of drug-likeness (QED) is 0.630. The van der Waals surface area contributed by atoms with E-state index < -0.39 is 0 Å². The third-order valence-corrected chi connectivity index (χ3v) is 7.67. The van der Waals surface area contributed by atoms with E-state index in [1.165, 1.54) is 18.4 Å². The molecule has 0 saturated heterocycles. The molecule has 2 heteroatoms. The van der Waals surface area contributed by atoms with Gasteiger partial charge in [0.15, 0.2) is 5.78 Å². The highest BCUT2D eigenvalue weighted by Crippen LogP contribution is 2.64. The van der Waals surface area contributed by atoms with Gasteiger partial charge in [0, 0.05) is 18.3 Å². The van der Waals surface area contributed by atoms with Crippen molar-refractivity contribution in [2.24, 2.45) is 28.6 Å². The highest BCUT2D eigenvalue weighted by atomic mass is 16.2. The van der Waals surface area contributed by atoms with E-state index in [-0.39, 0.29) is 10.8 Å². The molecule has 4 aliphatic rings. The lowest BCUT2D eigenvalue weighted by Crippen LogP contribution is -2.50. The van der Waals surface area contributed by atoms with Crippen molar-refractivity contribution in [2.45, 2.75) is 65.2 Å². The van der Waals surface area contributed by atoms with E-state index in [1.807, 2.05) is 6.08 Å². The Kier molecular flexibility index (Phi) is 2.81. The molecule has 0 heterocycles. The first-order valence-electron chi connectivity index (χ1n) is 8.72. The van der Waals surface area contributed by atoms with Crippen molar-refractivity contribution in [1.82, 2.24) is 0 Å². The standard InChI is InChI=1S/C19H26O2/c1-18-9-7-13(20)11-12(18)3-4-14-15-5-6-17(21)19(15,2)10-8-16(14)18/h11,14-16H,3-10H2,1-2H3/t14-,15-,16-,18-,19-/m0/s1/i2+1,5+1,6+1,15+1,17+1,19+1. The van der Waals surface area contributed by atoms with Crippen LogP contribution in [0.4, 0.5) is 0 Å². The molecular weight excluding hydrogens is 266 g/mol. The van der Waals surface area contributed by atoms with Gasteiger partial charge in [-0.15, -0.1) is 0 Å². The molecule has 0 spiro atoms. The van der Waals surface area contributed by atoms with E-state index >= 15 is 0 Å². The van der Waals surface area contributed by atoms with Crippen molar-refractivity contribution in [2.75, 3.05) is 0 Å². The Morgan fingerprint density at radius 2 is 1.67 bits per heavy atom. The third kappa shape index (κ3) is 1.71. The SMILES string of the molecule is C[C@]12CCC(=O)C=C1CC[C@@H]1[C@@H]2CC[13C@]2([13CH3])[13C](=O)[13CH2][13CH2][13C@@H]12. The molecular formula is C19H26O2. The maximum absolute atomic E-state index is 12.4. The average molecular weight is 292 g/mol. The minimum absolute atomic E-state index is 0.0246. The van der Waals surface area contributed by atoms with E-state index in [2.05, 4.69) is 13.8 Å². The van der Waals surface area contributed by atoms with E-state index in [0.29, 0.717) is 29.3 Å². The fraction of sp³-hybridized carbons (Fsp3) is 0.789. The minimum atomic E-state index is -0.0246. The summed E-state index contributed by atoms with van der Waals surface area (Å²) < 4.78 is 0. The van der Waals surface area contributed by atoms with E-state index in [1.54, 1.807) is 0 Å². The summed E-state index contributed by atoms with van der Waals surface area (Å²) in [6.07, 6.45) is 10.2. The largest absolute Gasteiger partial charge is 0.299 e. The summed E-state index contributed by atoms with van der Waals surface area (Å²) in [6, 6.07) is 0.